The van der Waals surface area contributed by atoms with Gasteiger partial charge in [0.05, 0.1) is 36.8 Å². The van der Waals surface area contributed by atoms with Crippen molar-refractivity contribution in [2.24, 2.45) is 0 Å². The predicted molar refractivity (Wildman–Crippen MR) is 106 cm³/mol. The Morgan fingerprint density at radius 1 is 1.41 bits per heavy atom. The first-order valence-electron chi connectivity index (χ1n) is 9.37. The van der Waals surface area contributed by atoms with Gasteiger partial charge in [-0.25, -0.2) is 18.4 Å². The van der Waals surface area contributed by atoms with Crippen LogP contribution in [0, 0.1) is 6.92 Å². The molecule has 0 spiro atoms. The van der Waals surface area contributed by atoms with E-state index >= 15 is 0 Å². The number of aromatic nitrogens is 3. The van der Waals surface area contributed by atoms with Gasteiger partial charge in [-0.1, -0.05) is 6.92 Å². The number of rotatable bonds is 9. The molecule has 1 atom stereocenters. The number of aryl methyl sites for hydroxylation is 1. The van der Waals surface area contributed by atoms with Gasteiger partial charge in [0.15, 0.2) is 0 Å². The third-order valence-electron chi connectivity index (χ3n) is 4.57. The molecule has 2 aromatic rings. The number of hydrogen-bond donors (Lipinski definition) is 0. The first kappa shape index (κ1) is 20.4. The largest absolute Gasteiger partial charge is 0.376 e. The molecule has 1 aliphatic heterocycles. The zero-order valence-corrected chi connectivity index (χ0v) is 17.9. The lowest BCUT2D eigenvalue weighted by atomic mass is 10.2. The van der Waals surface area contributed by atoms with Gasteiger partial charge < -0.3 is 9.30 Å². The van der Waals surface area contributed by atoms with E-state index in [1.54, 1.807) is 17.5 Å². The van der Waals surface area contributed by atoms with Crippen molar-refractivity contribution < 1.29 is 13.2 Å². The number of hydrogen-bond acceptors (Lipinski definition) is 7. The summed E-state index contributed by atoms with van der Waals surface area (Å²) in [5, 5.41) is 3.27. The average Bonchev–Trinajstić information content (AvgIpc) is 3.31. The average molecular weight is 413 g/mol. The molecule has 0 aliphatic carbocycles. The molecule has 1 unspecified atom stereocenters. The van der Waals surface area contributed by atoms with E-state index in [1.165, 1.54) is 0 Å². The number of nitrogens with zero attached hydrogens (tertiary/aromatic N) is 4. The summed E-state index contributed by atoms with van der Waals surface area (Å²) in [6, 6.07) is 0. The minimum absolute atomic E-state index is 0.0560. The molecule has 9 heteroatoms. The molecule has 0 saturated carbocycles. The molecule has 7 nitrogen and oxygen atoms in total. The Bertz CT molecular complexity index is 854. The fourth-order valence-corrected chi connectivity index (χ4v) is 5.66. The van der Waals surface area contributed by atoms with E-state index in [0.717, 1.165) is 42.4 Å². The highest BCUT2D eigenvalue weighted by Crippen LogP contribution is 2.21. The van der Waals surface area contributed by atoms with Gasteiger partial charge in [0.2, 0.25) is 15.0 Å². The standard InChI is InChI=1S/C18H28N4O3S2/c1-4-8-27(23,24)18-19-9-15(22(18)11-16-6-5-7-25-16)10-21(3)12-17-20-14(2)13-26-17/h9,13,16H,4-8,10-12H2,1-3H3. The number of imidazole rings is 1. The minimum atomic E-state index is -3.39. The number of ether oxygens (including phenoxy) is 1. The van der Waals surface area contributed by atoms with Crippen LogP contribution in [0.2, 0.25) is 0 Å². The Hall–Kier alpha value is -1.29. The van der Waals surface area contributed by atoms with Crippen molar-refractivity contribution in [3.63, 3.8) is 0 Å². The van der Waals surface area contributed by atoms with E-state index in [9.17, 15) is 8.42 Å². The summed E-state index contributed by atoms with van der Waals surface area (Å²) in [4.78, 5) is 10.9. The third kappa shape index (κ3) is 5.16. The van der Waals surface area contributed by atoms with E-state index in [-0.39, 0.29) is 17.0 Å². The fourth-order valence-electron chi connectivity index (χ4n) is 3.35. The molecule has 0 amide bonds. The lowest BCUT2D eigenvalue weighted by molar-refractivity contribution is 0.0934. The molecule has 3 rings (SSSR count). The van der Waals surface area contributed by atoms with Gasteiger partial charge in [0.1, 0.15) is 5.01 Å². The summed E-state index contributed by atoms with van der Waals surface area (Å²) in [6.07, 6.45) is 4.31. The van der Waals surface area contributed by atoms with Gasteiger partial charge in [0, 0.05) is 24.2 Å². The van der Waals surface area contributed by atoms with Gasteiger partial charge in [0.25, 0.3) is 0 Å². The van der Waals surface area contributed by atoms with Crippen LogP contribution in [0.1, 0.15) is 42.6 Å². The summed E-state index contributed by atoms with van der Waals surface area (Å²) in [5.74, 6) is 0.114. The van der Waals surface area contributed by atoms with Crippen molar-refractivity contribution >= 4 is 21.2 Å². The van der Waals surface area contributed by atoms with Crippen LogP contribution in [0.15, 0.2) is 16.7 Å². The lowest BCUT2D eigenvalue weighted by Crippen LogP contribution is -2.25. The highest BCUT2D eigenvalue weighted by atomic mass is 32.2. The predicted octanol–water partition coefficient (Wildman–Crippen LogP) is 2.64. The minimum Gasteiger partial charge on any atom is -0.376 e. The van der Waals surface area contributed by atoms with Crippen molar-refractivity contribution in [2.45, 2.75) is 64.0 Å². The molecule has 1 saturated heterocycles. The molecule has 150 valence electrons. The fraction of sp³-hybridized carbons (Fsp3) is 0.667. The molecule has 0 aromatic carbocycles. The second kappa shape index (κ2) is 8.81. The van der Waals surface area contributed by atoms with Crippen LogP contribution in [0.25, 0.3) is 0 Å². The maximum atomic E-state index is 12.7. The third-order valence-corrected chi connectivity index (χ3v) is 7.35. The zero-order valence-electron chi connectivity index (χ0n) is 16.2. The van der Waals surface area contributed by atoms with Crippen LogP contribution in [0.5, 0.6) is 0 Å². The Kier molecular flexibility index (Phi) is 6.67. The van der Waals surface area contributed by atoms with Gasteiger partial charge >= 0.3 is 0 Å². The van der Waals surface area contributed by atoms with Crippen molar-refractivity contribution in [1.82, 2.24) is 19.4 Å². The topological polar surface area (TPSA) is 77.3 Å². The van der Waals surface area contributed by atoms with E-state index in [1.807, 2.05) is 30.8 Å². The first-order valence-corrected chi connectivity index (χ1v) is 11.9. The van der Waals surface area contributed by atoms with Crippen LogP contribution >= 0.6 is 11.3 Å². The van der Waals surface area contributed by atoms with Crippen molar-refractivity contribution in [3.05, 3.63) is 28.0 Å². The molecule has 3 heterocycles. The highest BCUT2D eigenvalue weighted by molar-refractivity contribution is 7.91. The second-order valence-electron chi connectivity index (χ2n) is 7.15. The molecule has 0 N–H and O–H groups in total. The monoisotopic (exact) mass is 412 g/mol. The molecule has 0 bridgehead atoms. The van der Waals surface area contributed by atoms with Crippen LogP contribution < -0.4 is 0 Å². The summed E-state index contributed by atoms with van der Waals surface area (Å²) in [5.41, 5.74) is 1.93. The van der Waals surface area contributed by atoms with E-state index < -0.39 is 9.84 Å². The van der Waals surface area contributed by atoms with Crippen molar-refractivity contribution in [1.29, 1.82) is 0 Å². The Balaban J connectivity index is 1.81. The smallest absolute Gasteiger partial charge is 0.227 e. The van der Waals surface area contributed by atoms with Gasteiger partial charge in [-0.05, 0) is 33.2 Å². The van der Waals surface area contributed by atoms with Crippen LogP contribution in [0.3, 0.4) is 0 Å². The summed E-state index contributed by atoms with van der Waals surface area (Å²) in [6.45, 7) is 6.48. The summed E-state index contributed by atoms with van der Waals surface area (Å²) >= 11 is 1.64. The van der Waals surface area contributed by atoms with Crippen LogP contribution in [-0.2, 0) is 34.2 Å². The maximum Gasteiger partial charge on any atom is 0.227 e. The Morgan fingerprint density at radius 2 is 2.22 bits per heavy atom. The number of sulfone groups is 1. The Labute approximate surface area is 165 Å². The molecule has 1 fully saturated rings. The van der Waals surface area contributed by atoms with E-state index in [0.29, 0.717) is 19.5 Å². The van der Waals surface area contributed by atoms with E-state index in [4.69, 9.17) is 4.74 Å². The number of thiazole rings is 1. The first-order chi connectivity index (χ1) is 12.9. The van der Waals surface area contributed by atoms with Crippen LogP contribution in [0.4, 0.5) is 0 Å². The highest BCUT2D eigenvalue weighted by Gasteiger charge is 2.26. The molecular weight excluding hydrogens is 384 g/mol. The molecule has 1 aliphatic rings. The van der Waals surface area contributed by atoms with E-state index in [2.05, 4.69) is 14.9 Å². The summed E-state index contributed by atoms with van der Waals surface area (Å²) < 4.78 is 32.9. The molecular formula is C18H28N4O3S2. The van der Waals surface area contributed by atoms with Crippen LogP contribution in [-0.4, -0.2) is 53.4 Å². The normalized spacial score (nSPS) is 17.9. The van der Waals surface area contributed by atoms with Gasteiger partial charge in [-0.15, -0.1) is 11.3 Å². The SMILES string of the molecule is CCCS(=O)(=O)c1ncc(CN(C)Cc2nc(C)cs2)n1CC1CCCO1. The van der Waals surface area contributed by atoms with Crippen molar-refractivity contribution in [3.8, 4) is 0 Å². The van der Waals surface area contributed by atoms with Gasteiger partial charge in [-0.3, -0.25) is 4.90 Å². The molecule has 0 radical (unpaired) electrons. The van der Waals surface area contributed by atoms with Gasteiger partial charge in [-0.2, -0.15) is 0 Å². The summed E-state index contributed by atoms with van der Waals surface area (Å²) in [7, 11) is -1.37. The molecule has 27 heavy (non-hydrogen) atoms. The maximum absolute atomic E-state index is 12.7. The van der Waals surface area contributed by atoms with Crippen molar-refractivity contribution in [2.75, 3.05) is 19.4 Å². The lowest BCUT2D eigenvalue weighted by Gasteiger charge is -2.19. The Morgan fingerprint density at radius 3 is 2.85 bits per heavy atom. The quantitative estimate of drug-likeness (QED) is 0.630. The zero-order chi connectivity index (χ0) is 19.4. The second-order valence-corrected chi connectivity index (χ2v) is 10.1. The molecule has 2 aromatic heterocycles.